The second-order valence-electron chi connectivity index (χ2n) is 10.8. The first-order valence-corrected chi connectivity index (χ1v) is 15.3. The van der Waals surface area contributed by atoms with Gasteiger partial charge in [-0.3, -0.25) is 5.43 Å². The summed E-state index contributed by atoms with van der Waals surface area (Å²) in [6, 6.07) is 7.13. The maximum absolute atomic E-state index is 13.7. The van der Waals surface area contributed by atoms with Crippen molar-refractivity contribution in [2.75, 3.05) is 5.43 Å². The van der Waals surface area contributed by atoms with E-state index >= 15 is 0 Å². The van der Waals surface area contributed by atoms with Crippen LogP contribution in [0.2, 0.25) is 15.1 Å². The molecule has 15 heteroatoms. The molecule has 4 N–H and O–H groups in total. The number of nitrogens with zero attached hydrogens (tertiary/aromatic N) is 1. The van der Waals surface area contributed by atoms with Gasteiger partial charge in [-0.15, -0.1) is 0 Å². The van der Waals surface area contributed by atoms with Crippen LogP contribution in [-0.2, 0) is 21.1 Å². The van der Waals surface area contributed by atoms with Gasteiger partial charge in [0, 0.05) is 16.0 Å². The summed E-state index contributed by atoms with van der Waals surface area (Å²) >= 11 is 20.2. The lowest BCUT2D eigenvalue weighted by Gasteiger charge is -2.28. The molecule has 3 aromatic rings. The van der Waals surface area contributed by atoms with Gasteiger partial charge in [0.15, 0.2) is 17.4 Å². The molecule has 222 valence electrons. The number of para-hydroxylation sites is 1. The number of amides is 2. The van der Waals surface area contributed by atoms with Crippen molar-refractivity contribution in [1.82, 2.24) is 15.1 Å². The molecule has 0 aliphatic heterocycles. The van der Waals surface area contributed by atoms with Crippen molar-refractivity contribution in [2.24, 2.45) is 0 Å². The first kappa shape index (κ1) is 32.9. The predicted molar refractivity (Wildman–Crippen MR) is 160 cm³/mol. The minimum Gasteiger partial charge on any atom is -0.507 e. The number of aromatic hydroxyl groups is 1. The molecule has 1 aromatic heterocycles. The van der Waals surface area contributed by atoms with E-state index in [1.54, 1.807) is 4.72 Å². The van der Waals surface area contributed by atoms with E-state index in [-0.39, 0.29) is 42.5 Å². The molecule has 0 bridgehead atoms. The van der Waals surface area contributed by atoms with E-state index in [2.05, 4.69) is 20.0 Å². The Morgan fingerprint density at radius 2 is 1.54 bits per heavy atom. The number of anilines is 1. The molecule has 0 atom stereocenters. The van der Waals surface area contributed by atoms with Crippen molar-refractivity contribution in [3.05, 3.63) is 68.4 Å². The van der Waals surface area contributed by atoms with Gasteiger partial charge >= 0.3 is 16.3 Å². The number of hydrogen-bond donors (Lipinski definition) is 4. The lowest BCUT2D eigenvalue weighted by molar-refractivity contribution is 0.247. The third-order valence-electron chi connectivity index (χ3n) is 5.46. The van der Waals surface area contributed by atoms with Crippen molar-refractivity contribution < 1.29 is 26.9 Å². The van der Waals surface area contributed by atoms with Gasteiger partial charge in [0.25, 0.3) is 0 Å². The zero-order valence-corrected chi connectivity index (χ0v) is 26.7. The summed E-state index contributed by atoms with van der Waals surface area (Å²) in [6.45, 7) is 11.9. The van der Waals surface area contributed by atoms with E-state index in [4.69, 9.17) is 34.8 Å². The Kier molecular flexibility index (Phi) is 9.86. The fourth-order valence-electron chi connectivity index (χ4n) is 3.47. The summed E-state index contributed by atoms with van der Waals surface area (Å²) in [5.74, 6) is -1.48. The average Bonchev–Trinajstić information content (AvgIpc) is 2.84. The highest BCUT2D eigenvalue weighted by molar-refractivity contribution is 7.99. The van der Waals surface area contributed by atoms with E-state index in [0.29, 0.717) is 4.90 Å². The van der Waals surface area contributed by atoms with Gasteiger partial charge in [0.2, 0.25) is 0 Å². The number of pyridine rings is 1. The molecule has 0 saturated carbocycles. The van der Waals surface area contributed by atoms with Crippen molar-refractivity contribution in [3.8, 4) is 11.5 Å². The number of hydrogen-bond acceptors (Lipinski definition) is 8. The first-order valence-electron chi connectivity index (χ1n) is 11.9. The number of phenols is 1. The third kappa shape index (κ3) is 8.23. The number of hydrazine groups is 1. The average molecular weight is 666 g/mol. The highest BCUT2D eigenvalue weighted by Gasteiger charge is 2.28. The molecular weight excluding hydrogens is 638 g/mol. The number of rotatable bonds is 7. The summed E-state index contributed by atoms with van der Waals surface area (Å²) in [7, 11) is -4.74. The van der Waals surface area contributed by atoms with Crippen molar-refractivity contribution in [1.29, 1.82) is 0 Å². The summed E-state index contributed by atoms with van der Waals surface area (Å²) in [5, 5.41) is 11.0. The van der Waals surface area contributed by atoms with E-state index in [9.17, 15) is 22.7 Å². The van der Waals surface area contributed by atoms with E-state index < -0.39 is 27.9 Å². The number of phenolic OH excluding ortho intramolecular Hbond substituents is 1. The fraction of sp³-hybridized carbons (Fsp3) is 0.308. The lowest BCUT2D eigenvalue weighted by Crippen LogP contribution is -2.44. The molecule has 0 fully saturated rings. The maximum atomic E-state index is 13.7. The van der Waals surface area contributed by atoms with Crippen LogP contribution in [0.15, 0.2) is 46.3 Å². The molecule has 0 saturated heterocycles. The lowest BCUT2D eigenvalue weighted by atomic mass is 9.79. The van der Waals surface area contributed by atoms with Crippen LogP contribution in [0.25, 0.3) is 0 Å². The molecule has 2 aromatic carbocycles. The molecular formula is C26H28Cl3FN4O5S2. The van der Waals surface area contributed by atoms with Crippen molar-refractivity contribution >= 4 is 68.7 Å². The van der Waals surface area contributed by atoms with Gasteiger partial charge in [-0.2, -0.15) is 8.42 Å². The van der Waals surface area contributed by atoms with Gasteiger partial charge in [0.05, 0.1) is 10.0 Å². The maximum Gasteiger partial charge on any atom is 0.411 e. The van der Waals surface area contributed by atoms with Gasteiger partial charge in [-0.1, -0.05) is 100 Å². The van der Waals surface area contributed by atoms with Gasteiger partial charge < -0.3 is 9.29 Å². The van der Waals surface area contributed by atoms with Crippen LogP contribution < -0.4 is 19.8 Å². The van der Waals surface area contributed by atoms with Gasteiger partial charge in [-0.05, 0) is 35.1 Å². The molecule has 0 aliphatic carbocycles. The van der Waals surface area contributed by atoms with Crippen LogP contribution in [-0.4, -0.2) is 24.5 Å². The predicted octanol–water partition coefficient (Wildman–Crippen LogP) is 7.58. The molecule has 0 radical (unpaired) electrons. The second-order valence-corrected chi connectivity index (χ2v) is 14.3. The molecule has 0 aliphatic rings. The second kappa shape index (κ2) is 12.3. The molecule has 9 nitrogen and oxygen atoms in total. The Hall–Kier alpha value is -2.64. The van der Waals surface area contributed by atoms with Crippen molar-refractivity contribution in [2.45, 2.75) is 62.3 Å². The van der Waals surface area contributed by atoms with Gasteiger partial charge in [-0.25, -0.2) is 24.3 Å². The summed E-state index contributed by atoms with van der Waals surface area (Å²) in [4.78, 5) is 17.3. The Morgan fingerprint density at radius 1 is 0.976 bits per heavy atom. The minimum absolute atomic E-state index is 0.0419. The van der Waals surface area contributed by atoms with Crippen LogP contribution in [0.5, 0.6) is 11.5 Å². The summed E-state index contributed by atoms with van der Waals surface area (Å²) in [6.07, 6.45) is 0. The zero-order chi connectivity index (χ0) is 30.9. The molecule has 0 unspecified atom stereocenters. The molecule has 41 heavy (non-hydrogen) atoms. The Labute approximate surface area is 257 Å². The highest BCUT2D eigenvalue weighted by atomic mass is 35.5. The molecule has 3 rings (SSSR count). The largest absolute Gasteiger partial charge is 0.507 e. The van der Waals surface area contributed by atoms with Crippen LogP contribution in [0.4, 0.5) is 15.0 Å². The van der Waals surface area contributed by atoms with Gasteiger partial charge in [0.1, 0.15) is 15.8 Å². The third-order valence-corrected chi connectivity index (χ3v) is 8.67. The van der Waals surface area contributed by atoms with Crippen LogP contribution in [0.1, 0.15) is 52.7 Å². The molecule has 2 amide bonds. The fourth-order valence-corrected chi connectivity index (χ4v) is 5.79. The Balaban J connectivity index is 1.86. The number of carbonyl (C=O) groups is 1. The smallest absolute Gasteiger partial charge is 0.411 e. The number of benzene rings is 2. The minimum atomic E-state index is -4.74. The molecule has 0 spiro atoms. The number of aromatic nitrogens is 1. The number of nitrogens with one attached hydrogen (secondary N) is 3. The standard InChI is InChI=1S/C26H28Cl3FN4O5S2/c1-25(2,3)14-11-13(12-15(21(14)35)26(4,5)6)40-23-20(29)18(27)19(28)22(31-23)32-33-24(36)34-41(37,38)39-17-10-8-7-9-16(17)30/h7-12,35H,1-6H3,(H,31,32)(H2,33,34,36). The van der Waals surface area contributed by atoms with E-state index in [0.717, 1.165) is 35.0 Å². The zero-order valence-electron chi connectivity index (χ0n) is 22.8. The summed E-state index contributed by atoms with van der Waals surface area (Å²) in [5.41, 5.74) is 5.13. The monoisotopic (exact) mass is 664 g/mol. The first-order chi connectivity index (χ1) is 18.8. The Morgan fingerprint density at radius 3 is 2.07 bits per heavy atom. The van der Waals surface area contributed by atoms with Crippen LogP contribution >= 0.6 is 46.6 Å². The van der Waals surface area contributed by atoms with E-state index in [1.165, 1.54) is 12.1 Å². The summed E-state index contributed by atoms with van der Waals surface area (Å²) < 4.78 is 44.1. The molecule has 1 heterocycles. The normalized spacial score (nSPS) is 12.1. The Bertz CT molecular complexity index is 1560. The van der Waals surface area contributed by atoms with Crippen LogP contribution in [0.3, 0.4) is 0 Å². The quantitative estimate of drug-likeness (QED) is 0.190. The topological polar surface area (TPSA) is 130 Å². The van der Waals surface area contributed by atoms with Crippen LogP contribution in [0, 0.1) is 5.82 Å². The van der Waals surface area contributed by atoms with E-state index in [1.807, 2.05) is 53.7 Å². The van der Waals surface area contributed by atoms with Crippen molar-refractivity contribution in [3.63, 3.8) is 0 Å². The highest BCUT2D eigenvalue weighted by Crippen LogP contribution is 2.46. The SMILES string of the molecule is CC(C)(C)c1cc(Sc2nc(NNC(=O)NS(=O)(=O)Oc3ccccc3F)c(Cl)c(Cl)c2Cl)cc(C(C)(C)C)c1O. The number of carbonyl (C=O) groups excluding carboxylic acids is 1. The number of halogens is 4. The number of urea groups is 1.